The summed E-state index contributed by atoms with van der Waals surface area (Å²) < 4.78 is 17.2. The third-order valence-corrected chi connectivity index (χ3v) is 4.90. The van der Waals surface area contributed by atoms with Crippen LogP contribution in [0.2, 0.25) is 0 Å². The summed E-state index contributed by atoms with van der Waals surface area (Å²) in [6, 6.07) is 2.28. The molecule has 0 aromatic rings. The maximum atomic E-state index is 11.9. The summed E-state index contributed by atoms with van der Waals surface area (Å²) in [5.74, 6) is 0.732. The van der Waals surface area contributed by atoms with Gasteiger partial charge in [0.2, 0.25) is 0 Å². The number of nitriles is 1. The normalized spacial score (nSPS) is 20.3. The van der Waals surface area contributed by atoms with Crippen LogP contribution in [0, 0.1) is 16.7 Å². The van der Waals surface area contributed by atoms with Gasteiger partial charge in [0.05, 0.1) is 11.5 Å². The van der Waals surface area contributed by atoms with E-state index in [4.69, 9.17) is 10.00 Å². The summed E-state index contributed by atoms with van der Waals surface area (Å²) in [6.07, 6.45) is 3.56. The second kappa shape index (κ2) is 6.36. The molecule has 4 heteroatoms. The van der Waals surface area contributed by atoms with Crippen LogP contribution in [0.15, 0.2) is 0 Å². The summed E-state index contributed by atoms with van der Waals surface area (Å²) in [4.78, 5) is 0. The third-order valence-electron chi connectivity index (χ3n) is 2.99. The fraction of sp³-hybridized carbons (Fsp3) is 0.917. The second-order valence-corrected chi connectivity index (χ2v) is 6.83. The van der Waals surface area contributed by atoms with Crippen molar-refractivity contribution in [3.8, 4) is 6.07 Å². The Kier molecular flexibility index (Phi) is 5.43. The molecule has 1 atom stereocenters. The van der Waals surface area contributed by atoms with Crippen LogP contribution in [0.1, 0.15) is 39.5 Å². The van der Waals surface area contributed by atoms with Gasteiger partial charge < -0.3 is 4.74 Å². The molecule has 1 heterocycles. The van der Waals surface area contributed by atoms with Crippen molar-refractivity contribution in [3.05, 3.63) is 0 Å². The van der Waals surface area contributed by atoms with Gasteiger partial charge >= 0.3 is 0 Å². The lowest BCUT2D eigenvalue weighted by Crippen LogP contribution is -2.26. The van der Waals surface area contributed by atoms with Gasteiger partial charge in [-0.05, 0) is 39.5 Å². The molecule has 92 valence electrons. The lowest BCUT2D eigenvalue weighted by atomic mass is 9.90. The van der Waals surface area contributed by atoms with E-state index in [9.17, 15) is 4.21 Å². The quantitative estimate of drug-likeness (QED) is 0.744. The first kappa shape index (κ1) is 13.7. The zero-order valence-electron chi connectivity index (χ0n) is 10.2. The summed E-state index contributed by atoms with van der Waals surface area (Å²) in [7, 11) is -0.733. The minimum absolute atomic E-state index is 0.278. The summed E-state index contributed by atoms with van der Waals surface area (Å²) in [5, 5.41) is 9.18. The largest absolute Gasteiger partial charge is 0.381 e. The fourth-order valence-corrected chi connectivity index (χ4v) is 3.30. The molecule has 0 spiro atoms. The Morgan fingerprint density at radius 2 is 2.06 bits per heavy atom. The van der Waals surface area contributed by atoms with Gasteiger partial charge in [0.25, 0.3) is 0 Å². The van der Waals surface area contributed by atoms with Crippen LogP contribution in [-0.4, -0.2) is 28.4 Å². The molecule has 0 bridgehead atoms. The SMILES string of the molecule is CC(C)(C#N)CCCS(=O)C1CCOCC1. The Morgan fingerprint density at radius 3 is 2.62 bits per heavy atom. The molecule has 3 nitrogen and oxygen atoms in total. The smallest absolute Gasteiger partial charge is 0.0683 e. The van der Waals surface area contributed by atoms with Crippen molar-refractivity contribution >= 4 is 10.8 Å². The molecule has 0 aromatic heterocycles. The maximum Gasteiger partial charge on any atom is 0.0683 e. The number of ether oxygens (including phenoxy) is 1. The van der Waals surface area contributed by atoms with Crippen molar-refractivity contribution < 1.29 is 8.95 Å². The molecule has 0 radical (unpaired) electrons. The zero-order chi connectivity index (χ0) is 12.0. The van der Waals surface area contributed by atoms with Gasteiger partial charge in [-0.15, -0.1) is 0 Å². The number of nitrogens with zero attached hydrogens (tertiary/aromatic N) is 1. The van der Waals surface area contributed by atoms with Crippen LogP contribution in [0.25, 0.3) is 0 Å². The van der Waals surface area contributed by atoms with Gasteiger partial charge in [-0.3, -0.25) is 4.21 Å². The Bertz CT molecular complexity index is 277. The lowest BCUT2D eigenvalue weighted by molar-refractivity contribution is 0.0992. The molecule has 0 aliphatic carbocycles. The van der Waals surface area contributed by atoms with Crippen molar-refractivity contribution in [1.29, 1.82) is 5.26 Å². The average molecular weight is 243 g/mol. The van der Waals surface area contributed by atoms with Gasteiger partial charge in [-0.25, -0.2) is 0 Å². The Balaban J connectivity index is 2.22. The van der Waals surface area contributed by atoms with Crippen LogP contribution in [0.3, 0.4) is 0 Å². The molecule has 0 aromatic carbocycles. The highest BCUT2D eigenvalue weighted by Crippen LogP contribution is 2.22. The van der Waals surface area contributed by atoms with Gasteiger partial charge in [-0.1, -0.05) is 0 Å². The molecule has 1 aliphatic rings. The molecule has 1 fully saturated rings. The van der Waals surface area contributed by atoms with E-state index in [0.717, 1.165) is 44.6 Å². The molecular weight excluding hydrogens is 222 g/mol. The predicted octanol–water partition coefficient (Wildman–Crippen LogP) is 2.24. The van der Waals surface area contributed by atoms with E-state index < -0.39 is 10.8 Å². The Hall–Kier alpha value is -0.400. The van der Waals surface area contributed by atoms with Crippen molar-refractivity contribution in [3.63, 3.8) is 0 Å². The van der Waals surface area contributed by atoms with E-state index in [-0.39, 0.29) is 5.41 Å². The number of hydrogen-bond acceptors (Lipinski definition) is 3. The highest BCUT2D eigenvalue weighted by molar-refractivity contribution is 7.85. The van der Waals surface area contributed by atoms with Crippen LogP contribution in [0.5, 0.6) is 0 Å². The topological polar surface area (TPSA) is 50.1 Å². The zero-order valence-corrected chi connectivity index (χ0v) is 11.0. The van der Waals surface area contributed by atoms with E-state index in [1.165, 1.54) is 0 Å². The maximum absolute atomic E-state index is 11.9. The fourth-order valence-electron chi connectivity index (χ4n) is 1.82. The van der Waals surface area contributed by atoms with Crippen LogP contribution < -0.4 is 0 Å². The molecule has 0 saturated carbocycles. The minimum atomic E-state index is -0.733. The Morgan fingerprint density at radius 1 is 1.44 bits per heavy atom. The first-order valence-electron chi connectivity index (χ1n) is 5.91. The molecule has 0 amide bonds. The summed E-state index contributed by atoms with van der Waals surface area (Å²) in [6.45, 7) is 5.37. The molecule has 0 N–H and O–H groups in total. The molecule has 1 rings (SSSR count). The van der Waals surface area contributed by atoms with Crippen molar-refractivity contribution in [1.82, 2.24) is 0 Å². The first-order valence-corrected chi connectivity index (χ1v) is 7.29. The predicted molar refractivity (Wildman–Crippen MR) is 65.5 cm³/mol. The lowest BCUT2D eigenvalue weighted by Gasteiger charge is -2.22. The molecule has 1 unspecified atom stereocenters. The van der Waals surface area contributed by atoms with Gasteiger partial charge in [0.1, 0.15) is 0 Å². The van der Waals surface area contributed by atoms with E-state index in [1.54, 1.807) is 0 Å². The number of hydrogen-bond donors (Lipinski definition) is 0. The average Bonchev–Trinajstić information content (AvgIpc) is 2.30. The van der Waals surface area contributed by atoms with Gasteiger partial charge in [-0.2, -0.15) is 5.26 Å². The van der Waals surface area contributed by atoms with E-state index in [1.807, 2.05) is 13.8 Å². The van der Waals surface area contributed by atoms with E-state index in [2.05, 4.69) is 6.07 Å². The second-order valence-electron chi connectivity index (χ2n) is 5.00. The summed E-state index contributed by atoms with van der Waals surface area (Å²) >= 11 is 0. The third kappa shape index (κ3) is 4.63. The minimum Gasteiger partial charge on any atom is -0.381 e. The van der Waals surface area contributed by atoms with E-state index >= 15 is 0 Å². The van der Waals surface area contributed by atoms with Gasteiger partial charge in [0.15, 0.2) is 0 Å². The highest BCUT2D eigenvalue weighted by atomic mass is 32.2. The van der Waals surface area contributed by atoms with Crippen molar-refractivity contribution in [2.75, 3.05) is 19.0 Å². The standard InChI is InChI=1S/C12H21NO2S/c1-12(2,10-13)6-3-9-16(14)11-4-7-15-8-5-11/h11H,3-9H2,1-2H3. The van der Waals surface area contributed by atoms with Crippen molar-refractivity contribution in [2.45, 2.75) is 44.8 Å². The summed E-state index contributed by atoms with van der Waals surface area (Å²) in [5.41, 5.74) is -0.278. The number of rotatable bonds is 5. The van der Waals surface area contributed by atoms with Crippen LogP contribution in [0.4, 0.5) is 0 Å². The Labute approximate surface area is 101 Å². The van der Waals surface area contributed by atoms with Crippen LogP contribution >= 0.6 is 0 Å². The highest BCUT2D eigenvalue weighted by Gasteiger charge is 2.21. The monoisotopic (exact) mass is 243 g/mol. The molecule has 1 aliphatic heterocycles. The van der Waals surface area contributed by atoms with Gasteiger partial charge in [0, 0.05) is 35.0 Å². The molecule has 1 saturated heterocycles. The van der Waals surface area contributed by atoms with Crippen LogP contribution in [-0.2, 0) is 15.5 Å². The molecule has 16 heavy (non-hydrogen) atoms. The van der Waals surface area contributed by atoms with E-state index in [0.29, 0.717) is 5.25 Å². The first-order chi connectivity index (χ1) is 7.55. The van der Waals surface area contributed by atoms with Crippen molar-refractivity contribution in [2.24, 2.45) is 5.41 Å². The molecular formula is C12H21NO2S.